The molecule has 43 heavy (non-hydrogen) atoms. The van der Waals surface area contributed by atoms with E-state index in [1.807, 2.05) is 44.2 Å². The zero-order valence-electron chi connectivity index (χ0n) is 25.3. The van der Waals surface area contributed by atoms with Gasteiger partial charge in [-0.3, -0.25) is 9.59 Å². The first-order chi connectivity index (χ1) is 20.6. The summed E-state index contributed by atoms with van der Waals surface area (Å²) in [5, 5.41) is 3.42. The van der Waals surface area contributed by atoms with Crippen LogP contribution in [-0.2, 0) is 25.5 Å². The fraction of sp³-hybridized carbons (Fsp3) is 0.394. The van der Waals surface area contributed by atoms with E-state index in [-0.39, 0.29) is 23.3 Å². The van der Waals surface area contributed by atoms with E-state index in [1.54, 1.807) is 12.2 Å². The fourth-order valence-electron chi connectivity index (χ4n) is 4.46. The fourth-order valence-corrected chi connectivity index (χ4v) is 4.58. The number of nitrogens with one attached hydrogen (secondary N) is 1. The minimum Gasteiger partial charge on any atom is -0.493 e. The molecule has 2 heterocycles. The van der Waals surface area contributed by atoms with Crippen LogP contribution in [-0.4, -0.2) is 48.9 Å². The largest absolute Gasteiger partial charge is 0.493 e. The minimum atomic E-state index is -0.844. The van der Waals surface area contributed by atoms with E-state index in [1.165, 1.54) is 31.9 Å². The maximum atomic E-state index is 13.1. The highest BCUT2D eigenvalue weighted by Crippen LogP contribution is 2.30. The van der Waals surface area contributed by atoms with Crippen molar-refractivity contribution in [3.63, 3.8) is 0 Å². The smallest absolute Gasteiger partial charge is 0.328 e. The molecule has 1 saturated heterocycles. The van der Waals surface area contributed by atoms with Gasteiger partial charge in [0.1, 0.15) is 6.04 Å². The van der Waals surface area contributed by atoms with Crippen LogP contribution in [0, 0.1) is 5.92 Å². The van der Waals surface area contributed by atoms with Crippen molar-refractivity contribution >= 4 is 29.4 Å². The predicted octanol–water partition coefficient (Wildman–Crippen LogP) is 6.41. The third-order valence-corrected chi connectivity index (χ3v) is 6.84. The molecule has 0 saturated carbocycles. The number of aromatic nitrogens is 1. The van der Waals surface area contributed by atoms with Crippen LogP contribution in [0.4, 0.5) is 0 Å². The lowest BCUT2D eigenvalue weighted by Gasteiger charge is -2.21. The number of amides is 1. The topological polar surface area (TPSA) is 113 Å². The Balaban J connectivity index is 0.000000821. The number of ether oxygens (including phenoxy) is 4. The summed E-state index contributed by atoms with van der Waals surface area (Å²) in [6.45, 7) is 11.7. The van der Waals surface area contributed by atoms with Gasteiger partial charge >= 0.3 is 11.9 Å². The predicted molar refractivity (Wildman–Crippen MR) is 166 cm³/mol. The molecule has 2 unspecified atom stereocenters. The zero-order chi connectivity index (χ0) is 31.8. The monoisotopic (exact) mass is 612 g/mol. The highest BCUT2D eigenvalue weighted by atomic mass is 35.5. The molecule has 0 bridgehead atoms. The van der Waals surface area contributed by atoms with Gasteiger partial charge < -0.3 is 24.3 Å². The number of allylic oxidation sites excluding steroid dienone is 4. The lowest BCUT2D eigenvalue weighted by atomic mass is 9.89. The number of carbonyl (C=O) groups excluding carboxylic acids is 3. The number of nitrogens with zero attached hydrogens (tertiary/aromatic N) is 1. The van der Waals surface area contributed by atoms with Gasteiger partial charge in [0, 0.05) is 24.2 Å². The van der Waals surface area contributed by atoms with Crippen molar-refractivity contribution in [3.05, 3.63) is 89.8 Å². The Hall–Kier alpha value is -4.11. The summed E-state index contributed by atoms with van der Waals surface area (Å²) in [4.78, 5) is 41.1. The normalized spacial score (nSPS) is 18.7. The number of rotatable bonds is 10. The Labute approximate surface area is 258 Å². The Morgan fingerprint density at radius 2 is 1.88 bits per heavy atom. The van der Waals surface area contributed by atoms with Gasteiger partial charge in [-0.2, -0.15) is 0 Å². The van der Waals surface area contributed by atoms with Crippen LogP contribution in [0.15, 0.2) is 73.5 Å². The number of esters is 2. The molecule has 0 aliphatic carbocycles. The van der Waals surface area contributed by atoms with Gasteiger partial charge in [-0.15, -0.1) is 0 Å². The molecule has 1 aromatic heterocycles. The second-order valence-electron chi connectivity index (χ2n) is 10.1. The Bertz CT molecular complexity index is 1280. The Morgan fingerprint density at radius 3 is 2.49 bits per heavy atom. The van der Waals surface area contributed by atoms with Crippen molar-refractivity contribution in [2.24, 2.45) is 5.92 Å². The van der Waals surface area contributed by atoms with Crippen LogP contribution in [0.5, 0.6) is 11.5 Å². The minimum absolute atomic E-state index is 0.00609. The highest BCUT2D eigenvalue weighted by Gasteiger charge is 2.30. The average molecular weight is 613 g/mol. The van der Waals surface area contributed by atoms with Gasteiger partial charge in [-0.05, 0) is 63.1 Å². The van der Waals surface area contributed by atoms with Gasteiger partial charge in [-0.1, -0.05) is 67.1 Å². The van der Waals surface area contributed by atoms with Crippen molar-refractivity contribution in [2.45, 2.75) is 65.0 Å². The number of hydrogen-bond donors (Lipinski definition) is 1. The molecule has 1 fully saturated rings. The first-order valence-electron chi connectivity index (χ1n) is 14.0. The zero-order valence-corrected chi connectivity index (χ0v) is 26.0. The maximum absolute atomic E-state index is 13.1. The van der Waals surface area contributed by atoms with Crippen LogP contribution in [0.3, 0.4) is 0 Å². The summed E-state index contributed by atoms with van der Waals surface area (Å²) in [5.41, 5.74) is 2.23. The number of hydrogen-bond acceptors (Lipinski definition) is 8. The number of carbonyl (C=O) groups is 3. The van der Waals surface area contributed by atoms with Crippen molar-refractivity contribution < 1.29 is 33.3 Å². The van der Waals surface area contributed by atoms with E-state index >= 15 is 0 Å². The third-order valence-electron chi connectivity index (χ3n) is 6.59. The van der Waals surface area contributed by atoms with Gasteiger partial charge in [0.05, 0.1) is 13.2 Å². The maximum Gasteiger partial charge on any atom is 0.328 e. The average Bonchev–Trinajstić information content (AvgIpc) is 3.03. The second-order valence-corrected chi connectivity index (χ2v) is 10.5. The van der Waals surface area contributed by atoms with E-state index in [9.17, 15) is 14.4 Å². The lowest BCUT2D eigenvalue weighted by molar-refractivity contribution is -0.151. The van der Waals surface area contributed by atoms with E-state index in [2.05, 4.69) is 23.5 Å². The molecule has 1 aromatic carbocycles. The molecule has 0 spiro atoms. The van der Waals surface area contributed by atoms with E-state index in [0.717, 1.165) is 31.3 Å². The van der Waals surface area contributed by atoms with Crippen molar-refractivity contribution in [3.8, 4) is 11.5 Å². The number of benzene rings is 1. The van der Waals surface area contributed by atoms with Gasteiger partial charge in [0.15, 0.2) is 17.2 Å². The Morgan fingerprint density at radius 1 is 1.16 bits per heavy atom. The van der Waals surface area contributed by atoms with Gasteiger partial charge in [0.2, 0.25) is 6.79 Å². The lowest BCUT2D eigenvalue weighted by Crippen LogP contribution is -2.43. The summed E-state index contributed by atoms with van der Waals surface area (Å²) < 4.78 is 21.2. The van der Waals surface area contributed by atoms with E-state index in [4.69, 9.17) is 30.5 Å². The van der Waals surface area contributed by atoms with Crippen LogP contribution in [0.2, 0.25) is 5.02 Å². The van der Waals surface area contributed by atoms with E-state index in [0.29, 0.717) is 17.4 Å². The molecular weight excluding hydrogens is 572 g/mol. The third kappa shape index (κ3) is 12.3. The van der Waals surface area contributed by atoms with Crippen molar-refractivity contribution in [1.29, 1.82) is 0 Å². The number of pyridine rings is 1. The molecule has 232 valence electrons. The summed E-state index contributed by atoms with van der Waals surface area (Å²) >= 11 is 6.00. The summed E-state index contributed by atoms with van der Waals surface area (Å²) in [5.74, 6) is -1.10. The highest BCUT2D eigenvalue weighted by molar-refractivity contribution is 6.30. The van der Waals surface area contributed by atoms with Gasteiger partial charge in [-0.25, -0.2) is 9.78 Å². The SMILES string of the molecule is C=C/C=C(/C)C=C.COc1ccnc(C(=O)N[C@H]2CCCC(Cc3ccc(Cl)cc3)CC(C)OC2=O)c1OCOC(C)=O. The molecule has 3 atom stereocenters. The molecule has 3 rings (SSSR count). The second kappa shape index (κ2) is 18.4. The molecule has 2 aromatic rings. The van der Waals surface area contributed by atoms with E-state index < -0.39 is 30.7 Å². The molecule has 10 heteroatoms. The molecule has 1 amide bonds. The van der Waals surface area contributed by atoms with Crippen LogP contribution < -0.4 is 14.8 Å². The summed E-state index contributed by atoms with van der Waals surface area (Å²) in [6, 6.07) is 8.43. The molecule has 1 aliphatic rings. The summed E-state index contributed by atoms with van der Waals surface area (Å²) in [7, 11) is 1.41. The van der Waals surface area contributed by atoms with Crippen LogP contribution >= 0.6 is 11.6 Å². The first kappa shape index (κ1) is 35.1. The molecule has 0 radical (unpaired) electrons. The standard InChI is InChI=1S/C26H31ClN2O7.C7H10/c1-16-13-19(14-18-7-9-20(27)10-8-18)5-4-6-21(26(32)36-16)29-25(31)23-24(35-15-34-17(2)30)22(33-3)11-12-28-23;1-4-6-7(3)5-2/h7-12,16,19,21H,4-6,13-15H2,1-3H3,(H,29,31);4-6H,1-2H2,3H3/b;7-6-/t16?,19?,21-;/m0./s1. The number of cyclic esters (lactones) is 1. The quantitative estimate of drug-likeness (QED) is 0.186. The van der Waals surface area contributed by atoms with Crippen LogP contribution in [0.1, 0.15) is 62.5 Å². The van der Waals surface area contributed by atoms with Crippen molar-refractivity contribution in [1.82, 2.24) is 10.3 Å². The van der Waals surface area contributed by atoms with Crippen LogP contribution in [0.25, 0.3) is 0 Å². The Kier molecular flexibility index (Phi) is 15.0. The molecule has 9 nitrogen and oxygen atoms in total. The number of halogens is 1. The van der Waals surface area contributed by atoms with Gasteiger partial charge in [0.25, 0.3) is 5.91 Å². The number of methoxy groups -OCH3 is 1. The molecule has 1 aliphatic heterocycles. The summed E-state index contributed by atoms with van der Waals surface area (Å²) in [6.07, 6.45) is 10.1. The van der Waals surface area contributed by atoms with Crippen molar-refractivity contribution in [2.75, 3.05) is 13.9 Å². The first-order valence-corrected chi connectivity index (χ1v) is 14.4. The molecule has 1 N–H and O–H groups in total. The molecular formula is C33H41ClN2O7.